The Labute approximate surface area is 156 Å². The Morgan fingerprint density at radius 3 is 2.40 bits per heavy atom. The second-order valence-electron chi connectivity index (χ2n) is 6.42. The van der Waals surface area contributed by atoms with Crippen molar-refractivity contribution in [1.29, 1.82) is 0 Å². The first-order valence-corrected chi connectivity index (χ1v) is 9.59. The van der Waals surface area contributed by atoms with Gasteiger partial charge in [0.1, 0.15) is 0 Å². The Bertz CT molecular complexity index is 820. The summed E-state index contributed by atoms with van der Waals surface area (Å²) in [6.45, 7) is 6.14. The lowest BCUT2D eigenvalue weighted by Crippen LogP contribution is -2.51. The number of hydrogen-bond acceptors (Lipinski definition) is 3. The summed E-state index contributed by atoms with van der Waals surface area (Å²) >= 11 is 7.98. The molecule has 0 aliphatic carbocycles. The number of nitrogens with zero attached hydrogens (tertiary/aromatic N) is 2. The molecule has 0 atom stereocenters. The van der Waals surface area contributed by atoms with E-state index < -0.39 is 0 Å². The summed E-state index contributed by atoms with van der Waals surface area (Å²) in [5.74, 6) is 0.113. The van der Waals surface area contributed by atoms with Crippen LogP contribution in [0.1, 0.15) is 18.7 Å². The van der Waals surface area contributed by atoms with Crippen LogP contribution in [0.5, 0.6) is 0 Å². The number of thiophene rings is 1. The van der Waals surface area contributed by atoms with Crippen molar-refractivity contribution in [3.05, 3.63) is 40.2 Å². The molecular weight excluding hydrogens is 356 g/mol. The van der Waals surface area contributed by atoms with Crippen LogP contribution in [-0.4, -0.2) is 47.8 Å². The van der Waals surface area contributed by atoms with Gasteiger partial charge in [0, 0.05) is 53.1 Å². The summed E-state index contributed by atoms with van der Waals surface area (Å²) in [6.07, 6.45) is 3.37. The van der Waals surface area contributed by atoms with E-state index in [-0.39, 0.29) is 17.7 Å². The van der Waals surface area contributed by atoms with Gasteiger partial charge in [0.25, 0.3) is 0 Å². The number of benzene rings is 1. The van der Waals surface area contributed by atoms with E-state index in [0.29, 0.717) is 31.2 Å². The molecule has 1 fully saturated rings. The maximum atomic E-state index is 12.4. The SMILES string of the molecule is CC(C)C(=O)N1CCN(C(=O)/C=C/c2sc3ccccc3c2Cl)CC1. The van der Waals surface area contributed by atoms with Crippen LogP contribution in [0, 0.1) is 5.92 Å². The van der Waals surface area contributed by atoms with Crippen LogP contribution in [0.25, 0.3) is 16.2 Å². The third-order valence-electron chi connectivity index (χ3n) is 4.33. The van der Waals surface area contributed by atoms with Gasteiger partial charge in [-0.1, -0.05) is 43.6 Å². The topological polar surface area (TPSA) is 40.6 Å². The summed E-state index contributed by atoms with van der Waals surface area (Å²) in [5.41, 5.74) is 0. The molecule has 25 heavy (non-hydrogen) atoms. The molecule has 1 aliphatic rings. The van der Waals surface area contributed by atoms with Crippen molar-refractivity contribution in [2.45, 2.75) is 13.8 Å². The standard InChI is InChI=1S/C19H21ClN2O2S/c1-13(2)19(24)22-11-9-21(10-12-22)17(23)8-7-16-18(20)14-5-3-4-6-15(14)25-16/h3-8,13H,9-12H2,1-2H3/b8-7+. The van der Waals surface area contributed by atoms with Crippen molar-refractivity contribution in [2.75, 3.05) is 26.2 Å². The third-order valence-corrected chi connectivity index (χ3v) is 5.99. The van der Waals surface area contributed by atoms with Crippen LogP contribution in [0.15, 0.2) is 30.3 Å². The predicted molar refractivity (Wildman–Crippen MR) is 104 cm³/mol. The number of piperazine rings is 1. The van der Waals surface area contributed by atoms with Crippen LogP contribution < -0.4 is 0 Å². The first-order chi connectivity index (χ1) is 12.0. The Hall–Kier alpha value is -1.85. The monoisotopic (exact) mass is 376 g/mol. The van der Waals surface area contributed by atoms with Crippen molar-refractivity contribution in [3.63, 3.8) is 0 Å². The zero-order valence-electron chi connectivity index (χ0n) is 14.4. The van der Waals surface area contributed by atoms with E-state index in [9.17, 15) is 9.59 Å². The number of carbonyl (C=O) groups is 2. The van der Waals surface area contributed by atoms with Gasteiger partial charge in [-0.25, -0.2) is 0 Å². The normalized spacial score (nSPS) is 15.5. The summed E-state index contributed by atoms with van der Waals surface area (Å²) in [4.78, 5) is 28.9. The zero-order chi connectivity index (χ0) is 18.0. The maximum Gasteiger partial charge on any atom is 0.246 e. The lowest BCUT2D eigenvalue weighted by atomic mass is 10.1. The molecule has 0 unspecified atom stereocenters. The third kappa shape index (κ3) is 3.88. The van der Waals surface area contributed by atoms with Gasteiger partial charge >= 0.3 is 0 Å². The molecule has 2 amide bonds. The molecule has 0 N–H and O–H groups in total. The number of rotatable bonds is 3. The van der Waals surface area contributed by atoms with Gasteiger partial charge in [0.05, 0.1) is 5.02 Å². The summed E-state index contributed by atoms with van der Waals surface area (Å²) in [6, 6.07) is 7.94. The highest BCUT2D eigenvalue weighted by Crippen LogP contribution is 2.35. The molecule has 0 spiro atoms. The van der Waals surface area contributed by atoms with Crippen LogP contribution in [0.4, 0.5) is 0 Å². The average molecular weight is 377 g/mol. The fourth-order valence-electron chi connectivity index (χ4n) is 2.90. The fourth-order valence-corrected chi connectivity index (χ4v) is 4.30. The summed E-state index contributed by atoms with van der Waals surface area (Å²) < 4.78 is 1.11. The lowest BCUT2D eigenvalue weighted by molar-refractivity contribution is -0.139. The molecule has 1 aromatic carbocycles. The van der Waals surface area contributed by atoms with E-state index >= 15 is 0 Å². The quantitative estimate of drug-likeness (QED) is 0.762. The second kappa shape index (κ2) is 7.58. The second-order valence-corrected chi connectivity index (χ2v) is 7.88. The number of carbonyl (C=O) groups excluding carboxylic acids is 2. The van der Waals surface area contributed by atoms with E-state index in [1.54, 1.807) is 28.4 Å². The summed E-state index contributed by atoms with van der Waals surface area (Å²) in [5, 5.41) is 1.71. The highest BCUT2D eigenvalue weighted by Gasteiger charge is 2.24. The summed E-state index contributed by atoms with van der Waals surface area (Å²) in [7, 11) is 0. The van der Waals surface area contributed by atoms with Gasteiger partial charge in [0.15, 0.2) is 0 Å². The fraction of sp³-hybridized carbons (Fsp3) is 0.368. The van der Waals surface area contributed by atoms with Crippen LogP contribution in [0.3, 0.4) is 0 Å². The molecule has 0 radical (unpaired) electrons. The molecule has 0 saturated carbocycles. The molecule has 2 aromatic rings. The molecular formula is C19H21ClN2O2S. The Morgan fingerprint density at radius 2 is 1.76 bits per heavy atom. The van der Waals surface area contributed by atoms with Crippen LogP contribution in [-0.2, 0) is 9.59 Å². The molecule has 3 rings (SSSR count). The van der Waals surface area contributed by atoms with Crippen molar-refractivity contribution in [1.82, 2.24) is 9.80 Å². The minimum Gasteiger partial charge on any atom is -0.339 e. The van der Waals surface area contributed by atoms with Crippen molar-refractivity contribution < 1.29 is 9.59 Å². The van der Waals surface area contributed by atoms with Gasteiger partial charge < -0.3 is 9.80 Å². The average Bonchev–Trinajstić information content (AvgIpc) is 2.95. The molecule has 1 saturated heterocycles. The van der Waals surface area contributed by atoms with E-state index in [2.05, 4.69) is 0 Å². The lowest BCUT2D eigenvalue weighted by Gasteiger charge is -2.35. The van der Waals surface area contributed by atoms with E-state index in [1.165, 1.54) is 0 Å². The molecule has 1 aliphatic heterocycles. The van der Waals surface area contributed by atoms with Crippen LogP contribution >= 0.6 is 22.9 Å². The van der Waals surface area contributed by atoms with Crippen molar-refractivity contribution in [3.8, 4) is 0 Å². The first kappa shape index (κ1) is 18.0. The highest BCUT2D eigenvalue weighted by atomic mass is 35.5. The molecule has 6 heteroatoms. The van der Waals surface area contributed by atoms with Gasteiger partial charge in [-0.2, -0.15) is 0 Å². The van der Waals surface area contributed by atoms with E-state index in [1.807, 2.05) is 43.0 Å². The van der Waals surface area contributed by atoms with Gasteiger partial charge in [-0.3, -0.25) is 9.59 Å². The van der Waals surface area contributed by atoms with E-state index in [0.717, 1.165) is 15.0 Å². The molecule has 1 aromatic heterocycles. The molecule has 132 valence electrons. The maximum absolute atomic E-state index is 12.4. The van der Waals surface area contributed by atoms with Crippen molar-refractivity contribution >= 4 is 50.9 Å². The minimum absolute atomic E-state index is 0.00255. The predicted octanol–water partition coefficient (Wildman–Crippen LogP) is 3.89. The number of fused-ring (bicyclic) bond motifs is 1. The van der Waals surface area contributed by atoms with Crippen LogP contribution in [0.2, 0.25) is 5.02 Å². The molecule has 4 nitrogen and oxygen atoms in total. The van der Waals surface area contributed by atoms with Gasteiger partial charge in [-0.05, 0) is 12.1 Å². The molecule has 0 bridgehead atoms. The number of halogens is 1. The van der Waals surface area contributed by atoms with Gasteiger partial charge in [-0.15, -0.1) is 11.3 Å². The minimum atomic E-state index is -0.0369. The van der Waals surface area contributed by atoms with E-state index in [4.69, 9.17) is 11.6 Å². The number of amides is 2. The Morgan fingerprint density at radius 1 is 1.12 bits per heavy atom. The number of hydrogen-bond donors (Lipinski definition) is 0. The smallest absolute Gasteiger partial charge is 0.246 e. The van der Waals surface area contributed by atoms with Gasteiger partial charge in [0.2, 0.25) is 11.8 Å². The first-order valence-electron chi connectivity index (χ1n) is 8.40. The Balaban J connectivity index is 1.63. The highest BCUT2D eigenvalue weighted by molar-refractivity contribution is 7.20. The largest absolute Gasteiger partial charge is 0.339 e. The van der Waals surface area contributed by atoms with Crippen molar-refractivity contribution in [2.24, 2.45) is 5.92 Å². The zero-order valence-corrected chi connectivity index (χ0v) is 15.9. The molecule has 2 heterocycles. The Kier molecular flexibility index (Phi) is 5.45.